The number of amides is 1. The quantitative estimate of drug-likeness (QED) is 0.683. The molecule has 0 aliphatic rings. The summed E-state index contributed by atoms with van der Waals surface area (Å²) in [7, 11) is 1.57. The Morgan fingerprint density at radius 2 is 2.36 bits per heavy atom. The van der Waals surface area contributed by atoms with E-state index in [-0.39, 0.29) is 5.91 Å². The zero-order valence-electron chi connectivity index (χ0n) is 6.38. The maximum Gasteiger partial charge on any atom is 0.286 e. The first kappa shape index (κ1) is 8.20. The first-order valence-electron chi connectivity index (χ1n) is 3.14. The van der Waals surface area contributed by atoms with Crippen LogP contribution in [0.15, 0.2) is 21.6 Å². The Balaban J connectivity index is 2.80. The summed E-state index contributed by atoms with van der Waals surface area (Å²) in [6, 6.07) is 3.43. The topological polar surface area (TPSA) is 42.2 Å². The summed E-state index contributed by atoms with van der Waals surface area (Å²) in [6.07, 6.45) is 1.90. The number of thioether (sulfide) groups is 1. The summed E-state index contributed by atoms with van der Waals surface area (Å²) >= 11 is 1.47. The van der Waals surface area contributed by atoms with Crippen molar-refractivity contribution in [3.63, 3.8) is 0 Å². The third kappa shape index (κ3) is 1.77. The van der Waals surface area contributed by atoms with Crippen molar-refractivity contribution in [1.29, 1.82) is 0 Å². The second-order valence-corrected chi connectivity index (χ2v) is 2.71. The lowest BCUT2D eigenvalue weighted by atomic mass is 10.4. The molecule has 0 atom stereocenters. The van der Waals surface area contributed by atoms with Crippen molar-refractivity contribution < 1.29 is 9.21 Å². The Morgan fingerprint density at radius 1 is 1.64 bits per heavy atom. The van der Waals surface area contributed by atoms with Crippen molar-refractivity contribution >= 4 is 17.7 Å². The predicted molar refractivity (Wildman–Crippen MR) is 43.9 cm³/mol. The van der Waals surface area contributed by atoms with Gasteiger partial charge in [-0.1, -0.05) is 11.8 Å². The fourth-order valence-corrected chi connectivity index (χ4v) is 1.05. The molecule has 0 bridgehead atoms. The Kier molecular flexibility index (Phi) is 2.59. The molecule has 0 aliphatic heterocycles. The third-order valence-electron chi connectivity index (χ3n) is 1.23. The molecule has 1 N–H and O–H groups in total. The number of hydrogen-bond donors (Lipinski definition) is 1. The monoisotopic (exact) mass is 171 g/mol. The van der Waals surface area contributed by atoms with E-state index in [1.165, 1.54) is 11.8 Å². The van der Waals surface area contributed by atoms with E-state index < -0.39 is 0 Å². The molecule has 1 heterocycles. The van der Waals surface area contributed by atoms with Crippen molar-refractivity contribution in [2.75, 3.05) is 13.3 Å². The van der Waals surface area contributed by atoms with Crippen LogP contribution in [-0.2, 0) is 0 Å². The lowest BCUT2D eigenvalue weighted by Gasteiger charge is -1.92. The van der Waals surface area contributed by atoms with Crippen molar-refractivity contribution in [3.05, 3.63) is 17.9 Å². The van der Waals surface area contributed by atoms with Gasteiger partial charge in [0.05, 0.1) is 0 Å². The molecule has 11 heavy (non-hydrogen) atoms. The Labute approximate surface area is 69.2 Å². The highest BCUT2D eigenvalue weighted by molar-refractivity contribution is 7.98. The van der Waals surface area contributed by atoms with Crippen LogP contribution >= 0.6 is 11.8 Å². The van der Waals surface area contributed by atoms with Crippen LogP contribution in [0.3, 0.4) is 0 Å². The van der Waals surface area contributed by atoms with E-state index in [1.807, 2.05) is 6.26 Å². The fourth-order valence-electron chi connectivity index (χ4n) is 0.675. The van der Waals surface area contributed by atoms with Gasteiger partial charge >= 0.3 is 0 Å². The molecule has 0 saturated heterocycles. The van der Waals surface area contributed by atoms with Crippen LogP contribution in [0.25, 0.3) is 0 Å². The largest absolute Gasteiger partial charge is 0.445 e. The number of rotatable bonds is 2. The van der Waals surface area contributed by atoms with Crippen LogP contribution < -0.4 is 5.32 Å². The van der Waals surface area contributed by atoms with Crippen LogP contribution in [0.1, 0.15) is 10.6 Å². The number of carbonyl (C=O) groups is 1. The Hall–Kier alpha value is -0.900. The number of nitrogens with one attached hydrogen (secondary N) is 1. The van der Waals surface area contributed by atoms with E-state index in [4.69, 9.17) is 4.42 Å². The maximum atomic E-state index is 10.9. The standard InChI is InChI=1S/C7H9NO2S/c1-8-7(9)5-3-4-6(10-5)11-2/h3-4H,1-2H3,(H,8,9). The SMILES string of the molecule is CNC(=O)c1ccc(SC)o1. The van der Waals surface area contributed by atoms with Gasteiger partial charge in [0.1, 0.15) is 0 Å². The summed E-state index contributed by atoms with van der Waals surface area (Å²) in [4.78, 5) is 10.9. The van der Waals surface area contributed by atoms with Crippen LogP contribution in [0.4, 0.5) is 0 Å². The second kappa shape index (κ2) is 3.48. The van der Waals surface area contributed by atoms with Crippen molar-refractivity contribution in [2.24, 2.45) is 0 Å². The van der Waals surface area contributed by atoms with Crippen LogP contribution in [0.5, 0.6) is 0 Å². The van der Waals surface area contributed by atoms with Gasteiger partial charge in [-0.15, -0.1) is 0 Å². The molecule has 1 amide bonds. The molecule has 60 valence electrons. The molecule has 0 saturated carbocycles. The van der Waals surface area contributed by atoms with Gasteiger partial charge in [-0.3, -0.25) is 4.79 Å². The maximum absolute atomic E-state index is 10.9. The van der Waals surface area contributed by atoms with Gasteiger partial charge in [-0.05, 0) is 18.4 Å². The highest BCUT2D eigenvalue weighted by Crippen LogP contribution is 2.17. The average molecular weight is 171 g/mol. The molecule has 1 aromatic heterocycles. The fraction of sp³-hybridized carbons (Fsp3) is 0.286. The van der Waals surface area contributed by atoms with Crippen molar-refractivity contribution in [1.82, 2.24) is 5.32 Å². The Bertz CT molecular complexity index is 257. The first-order chi connectivity index (χ1) is 5.27. The van der Waals surface area contributed by atoms with Crippen LogP contribution in [0, 0.1) is 0 Å². The first-order valence-corrected chi connectivity index (χ1v) is 4.36. The molecule has 4 heteroatoms. The van der Waals surface area contributed by atoms with E-state index in [0.717, 1.165) is 5.09 Å². The molecule has 1 rings (SSSR count). The molecule has 3 nitrogen and oxygen atoms in total. The highest BCUT2D eigenvalue weighted by atomic mass is 32.2. The minimum absolute atomic E-state index is 0.190. The Morgan fingerprint density at radius 3 is 2.82 bits per heavy atom. The summed E-state index contributed by atoms with van der Waals surface area (Å²) in [6.45, 7) is 0. The molecule has 0 fully saturated rings. The normalized spacial score (nSPS) is 9.64. The number of furan rings is 1. The van der Waals surface area contributed by atoms with Crippen LogP contribution in [-0.4, -0.2) is 19.2 Å². The average Bonchev–Trinajstić information content (AvgIpc) is 2.50. The van der Waals surface area contributed by atoms with Crippen LogP contribution in [0.2, 0.25) is 0 Å². The molecule has 0 spiro atoms. The molecular weight excluding hydrogens is 162 g/mol. The summed E-state index contributed by atoms with van der Waals surface area (Å²) in [5, 5.41) is 3.23. The van der Waals surface area contributed by atoms with Gasteiger partial charge in [-0.25, -0.2) is 0 Å². The smallest absolute Gasteiger partial charge is 0.286 e. The minimum Gasteiger partial charge on any atom is -0.445 e. The second-order valence-electron chi connectivity index (χ2n) is 1.90. The zero-order chi connectivity index (χ0) is 8.27. The van der Waals surface area contributed by atoms with Gasteiger partial charge in [0, 0.05) is 7.05 Å². The molecular formula is C7H9NO2S. The lowest BCUT2D eigenvalue weighted by Crippen LogP contribution is -2.16. The van der Waals surface area contributed by atoms with E-state index >= 15 is 0 Å². The zero-order valence-corrected chi connectivity index (χ0v) is 7.20. The van der Waals surface area contributed by atoms with Gasteiger partial charge in [0.25, 0.3) is 5.91 Å². The molecule has 0 aliphatic carbocycles. The summed E-state index contributed by atoms with van der Waals surface area (Å²) in [5.74, 6) is 0.169. The molecule has 0 unspecified atom stereocenters. The van der Waals surface area contributed by atoms with E-state index in [1.54, 1.807) is 19.2 Å². The molecule has 1 aromatic rings. The van der Waals surface area contributed by atoms with Gasteiger partial charge < -0.3 is 9.73 Å². The van der Waals surface area contributed by atoms with Crippen molar-refractivity contribution in [2.45, 2.75) is 5.09 Å². The van der Waals surface area contributed by atoms with E-state index in [0.29, 0.717) is 5.76 Å². The third-order valence-corrected chi connectivity index (χ3v) is 1.86. The minimum atomic E-state index is -0.190. The predicted octanol–water partition coefficient (Wildman–Crippen LogP) is 1.36. The molecule has 0 aromatic carbocycles. The number of carbonyl (C=O) groups excluding carboxylic acids is 1. The lowest BCUT2D eigenvalue weighted by molar-refractivity contribution is 0.0930. The van der Waals surface area contributed by atoms with Gasteiger partial charge in [0.2, 0.25) is 0 Å². The van der Waals surface area contributed by atoms with Gasteiger partial charge in [-0.2, -0.15) is 0 Å². The highest BCUT2D eigenvalue weighted by Gasteiger charge is 2.07. The summed E-state index contributed by atoms with van der Waals surface area (Å²) in [5.41, 5.74) is 0. The van der Waals surface area contributed by atoms with E-state index in [9.17, 15) is 4.79 Å². The van der Waals surface area contributed by atoms with Crippen molar-refractivity contribution in [3.8, 4) is 0 Å². The van der Waals surface area contributed by atoms with E-state index in [2.05, 4.69) is 5.32 Å². The summed E-state index contributed by atoms with van der Waals surface area (Å²) < 4.78 is 5.14. The molecule has 0 radical (unpaired) electrons. The number of hydrogen-bond acceptors (Lipinski definition) is 3. The van der Waals surface area contributed by atoms with Gasteiger partial charge in [0.15, 0.2) is 10.9 Å².